The molecule has 0 spiro atoms. The molecule has 5 heteroatoms. The number of amides is 1. The Bertz CT molecular complexity index is 284. The van der Waals surface area contributed by atoms with Gasteiger partial charge in [0.05, 0.1) is 12.7 Å². The van der Waals surface area contributed by atoms with Crippen LogP contribution >= 0.6 is 0 Å². The van der Waals surface area contributed by atoms with Crippen LogP contribution in [-0.2, 0) is 14.3 Å². The summed E-state index contributed by atoms with van der Waals surface area (Å²) in [6.07, 6.45) is 3.42. The summed E-state index contributed by atoms with van der Waals surface area (Å²) in [4.78, 5) is 22.1. The number of methoxy groups -OCH3 is 1. The van der Waals surface area contributed by atoms with Gasteiger partial charge >= 0.3 is 5.97 Å². The molecule has 1 unspecified atom stereocenters. The normalized spacial score (nSPS) is 16.6. The number of carbonyl (C=O) groups is 2. The van der Waals surface area contributed by atoms with Gasteiger partial charge in [-0.05, 0) is 13.3 Å². The highest BCUT2D eigenvalue weighted by molar-refractivity contribution is 5.84. The molecule has 0 aromatic heterocycles. The minimum atomic E-state index is -0.995. The number of nitrogens with one attached hydrogen (secondary N) is 1. The second kappa shape index (κ2) is 6.27. The zero-order valence-electron chi connectivity index (χ0n) is 10.1. The van der Waals surface area contributed by atoms with Crippen LogP contribution in [0.3, 0.4) is 0 Å². The molecule has 16 heavy (non-hydrogen) atoms. The van der Waals surface area contributed by atoms with Gasteiger partial charge in [0.15, 0.2) is 0 Å². The summed E-state index contributed by atoms with van der Waals surface area (Å²) in [5.41, 5.74) is -0.995. The molecule has 0 aliphatic carbocycles. The fourth-order valence-electron chi connectivity index (χ4n) is 0.953. The van der Waals surface area contributed by atoms with Crippen molar-refractivity contribution in [2.24, 2.45) is 0 Å². The van der Waals surface area contributed by atoms with Crippen LogP contribution in [0, 0.1) is 0 Å². The number of rotatable bonds is 5. The maximum Gasteiger partial charge on any atom is 0.332 e. The van der Waals surface area contributed by atoms with Crippen molar-refractivity contribution < 1.29 is 19.4 Å². The van der Waals surface area contributed by atoms with Crippen molar-refractivity contribution in [3.8, 4) is 0 Å². The number of hydrogen-bond donors (Lipinski definition) is 2. The SMILES string of the molecule is CCC(C)(O)/C=C/[C@H](NC(C)=O)C(=O)OC. The lowest BCUT2D eigenvalue weighted by molar-refractivity contribution is -0.143. The fraction of sp³-hybridized carbons (Fsp3) is 0.636. The average Bonchev–Trinajstić information content (AvgIpc) is 2.22. The number of esters is 1. The Morgan fingerprint density at radius 2 is 2.12 bits per heavy atom. The van der Waals surface area contributed by atoms with Crippen molar-refractivity contribution in [3.05, 3.63) is 12.2 Å². The van der Waals surface area contributed by atoms with Crippen LogP contribution < -0.4 is 5.32 Å². The molecule has 0 saturated heterocycles. The number of carbonyl (C=O) groups excluding carboxylic acids is 2. The van der Waals surface area contributed by atoms with Crippen LogP contribution in [0.4, 0.5) is 0 Å². The lowest BCUT2D eigenvalue weighted by Crippen LogP contribution is -2.39. The first kappa shape index (κ1) is 14.6. The van der Waals surface area contributed by atoms with Gasteiger partial charge in [0.1, 0.15) is 6.04 Å². The lowest BCUT2D eigenvalue weighted by Gasteiger charge is -2.17. The van der Waals surface area contributed by atoms with Crippen LogP contribution in [0.15, 0.2) is 12.2 Å². The monoisotopic (exact) mass is 229 g/mol. The number of hydrogen-bond acceptors (Lipinski definition) is 4. The van der Waals surface area contributed by atoms with Crippen LogP contribution in [-0.4, -0.2) is 35.7 Å². The van der Waals surface area contributed by atoms with Crippen molar-refractivity contribution in [3.63, 3.8) is 0 Å². The molecule has 0 radical (unpaired) electrons. The summed E-state index contributed by atoms with van der Waals surface area (Å²) in [6.45, 7) is 4.74. The van der Waals surface area contributed by atoms with Crippen molar-refractivity contribution in [2.45, 2.75) is 38.8 Å². The van der Waals surface area contributed by atoms with Crippen molar-refractivity contribution in [1.82, 2.24) is 5.32 Å². The van der Waals surface area contributed by atoms with Crippen LogP contribution in [0.2, 0.25) is 0 Å². The van der Waals surface area contributed by atoms with Crippen LogP contribution in [0.25, 0.3) is 0 Å². The molecule has 0 rings (SSSR count). The third kappa shape index (κ3) is 5.50. The van der Waals surface area contributed by atoms with Gasteiger partial charge in [0.2, 0.25) is 5.91 Å². The minimum absolute atomic E-state index is 0.337. The second-order valence-electron chi connectivity index (χ2n) is 3.77. The van der Waals surface area contributed by atoms with Crippen molar-refractivity contribution in [1.29, 1.82) is 0 Å². The van der Waals surface area contributed by atoms with Crippen molar-refractivity contribution in [2.75, 3.05) is 7.11 Å². The van der Waals surface area contributed by atoms with E-state index in [0.29, 0.717) is 6.42 Å². The molecule has 5 nitrogen and oxygen atoms in total. The van der Waals surface area contributed by atoms with Gasteiger partial charge in [-0.2, -0.15) is 0 Å². The van der Waals surface area contributed by atoms with Gasteiger partial charge in [-0.3, -0.25) is 4.79 Å². The molecular weight excluding hydrogens is 210 g/mol. The van der Waals surface area contributed by atoms with E-state index in [-0.39, 0.29) is 5.91 Å². The second-order valence-corrected chi connectivity index (χ2v) is 3.77. The molecule has 0 aromatic carbocycles. The smallest absolute Gasteiger partial charge is 0.332 e. The Kier molecular flexibility index (Phi) is 5.74. The summed E-state index contributed by atoms with van der Waals surface area (Å²) in [7, 11) is 1.24. The molecule has 2 atom stereocenters. The fourth-order valence-corrected chi connectivity index (χ4v) is 0.953. The summed E-state index contributed by atoms with van der Waals surface area (Å²) in [6, 6.07) is -0.861. The molecular formula is C11H19NO4. The first-order valence-electron chi connectivity index (χ1n) is 5.09. The largest absolute Gasteiger partial charge is 0.467 e. The zero-order valence-corrected chi connectivity index (χ0v) is 10.1. The average molecular weight is 229 g/mol. The Morgan fingerprint density at radius 1 is 1.56 bits per heavy atom. The molecule has 0 aromatic rings. The predicted molar refractivity (Wildman–Crippen MR) is 59.7 cm³/mol. The van der Waals surface area contributed by atoms with E-state index in [1.165, 1.54) is 26.2 Å². The molecule has 0 bridgehead atoms. The quantitative estimate of drug-likeness (QED) is 0.528. The molecule has 0 aliphatic rings. The molecule has 0 saturated carbocycles. The highest BCUT2D eigenvalue weighted by atomic mass is 16.5. The summed E-state index contributed by atoms with van der Waals surface area (Å²) < 4.78 is 4.53. The van der Waals surface area contributed by atoms with Gasteiger partial charge in [-0.25, -0.2) is 4.79 Å². The number of aliphatic hydroxyl groups is 1. The Hall–Kier alpha value is -1.36. The third-order valence-electron chi connectivity index (χ3n) is 2.18. The summed E-state index contributed by atoms with van der Waals surface area (Å²) >= 11 is 0. The summed E-state index contributed by atoms with van der Waals surface area (Å²) in [5.74, 6) is -0.908. The highest BCUT2D eigenvalue weighted by Gasteiger charge is 2.19. The van der Waals surface area contributed by atoms with E-state index >= 15 is 0 Å². The Balaban J connectivity index is 4.66. The van der Waals surface area contributed by atoms with Gasteiger partial charge in [0, 0.05) is 6.92 Å². The standard InChI is InChI=1S/C11H19NO4/c1-5-11(3,15)7-6-9(10(14)16-4)12-8(2)13/h6-7,9,15H,5H2,1-4H3,(H,12,13)/b7-6+/t9-,11?/m0/s1. The van der Waals surface area contributed by atoms with Crippen LogP contribution in [0.5, 0.6) is 0 Å². The lowest BCUT2D eigenvalue weighted by atomic mass is 10.0. The van der Waals surface area contributed by atoms with Crippen molar-refractivity contribution >= 4 is 11.9 Å². The van der Waals surface area contributed by atoms with Gasteiger partial charge < -0.3 is 15.2 Å². The molecule has 2 N–H and O–H groups in total. The topological polar surface area (TPSA) is 75.6 Å². The highest BCUT2D eigenvalue weighted by Crippen LogP contribution is 2.10. The van der Waals surface area contributed by atoms with E-state index in [9.17, 15) is 14.7 Å². The maximum absolute atomic E-state index is 11.3. The first-order valence-corrected chi connectivity index (χ1v) is 5.09. The molecule has 1 amide bonds. The predicted octanol–water partition coefficient (Wildman–Crippen LogP) is 0.381. The minimum Gasteiger partial charge on any atom is -0.467 e. The summed E-state index contributed by atoms with van der Waals surface area (Å²) in [5, 5.41) is 12.1. The van der Waals surface area contributed by atoms with Gasteiger partial charge in [0.25, 0.3) is 0 Å². The maximum atomic E-state index is 11.3. The van der Waals surface area contributed by atoms with E-state index in [1.807, 2.05) is 6.92 Å². The Morgan fingerprint density at radius 3 is 2.50 bits per heavy atom. The van der Waals surface area contributed by atoms with Gasteiger partial charge in [-0.1, -0.05) is 19.1 Å². The van der Waals surface area contributed by atoms with E-state index in [2.05, 4.69) is 10.1 Å². The van der Waals surface area contributed by atoms with Crippen LogP contribution in [0.1, 0.15) is 27.2 Å². The Labute approximate surface area is 95.5 Å². The molecule has 0 heterocycles. The van der Waals surface area contributed by atoms with Gasteiger partial charge in [-0.15, -0.1) is 0 Å². The van der Waals surface area contributed by atoms with E-state index < -0.39 is 17.6 Å². The third-order valence-corrected chi connectivity index (χ3v) is 2.18. The van der Waals surface area contributed by atoms with E-state index in [4.69, 9.17) is 0 Å². The van der Waals surface area contributed by atoms with E-state index in [1.54, 1.807) is 6.92 Å². The number of ether oxygens (including phenoxy) is 1. The molecule has 0 aliphatic heterocycles. The van der Waals surface area contributed by atoms with E-state index in [0.717, 1.165) is 0 Å². The first-order chi connectivity index (χ1) is 7.32. The molecule has 0 fully saturated rings. The molecule has 92 valence electrons. The zero-order chi connectivity index (χ0) is 12.8.